The van der Waals surface area contributed by atoms with Crippen LogP contribution in [0.25, 0.3) is 0 Å². The van der Waals surface area contributed by atoms with Gasteiger partial charge in [0.2, 0.25) is 0 Å². The molecular weight excluding hydrogens is 278 g/mol. The minimum absolute atomic E-state index is 0.135. The van der Waals surface area contributed by atoms with Crippen molar-refractivity contribution in [1.82, 2.24) is 10.3 Å². The molecule has 2 rings (SSSR count). The molecule has 22 heavy (non-hydrogen) atoms. The minimum atomic E-state index is -0.135. The van der Waals surface area contributed by atoms with Crippen LogP contribution >= 0.6 is 0 Å². The molecule has 0 fully saturated rings. The van der Waals surface area contributed by atoms with Crippen LogP contribution in [0.3, 0.4) is 0 Å². The number of amides is 1. The van der Waals surface area contributed by atoms with Crippen molar-refractivity contribution in [2.45, 2.75) is 13.5 Å². The fourth-order valence-electron chi connectivity index (χ4n) is 2.06. The first-order valence-corrected chi connectivity index (χ1v) is 7.20. The summed E-state index contributed by atoms with van der Waals surface area (Å²) in [5.74, 6) is -0.135. The van der Waals surface area contributed by atoms with Crippen LogP contribution in [0.2, 0.25) is 0 Å². The van der Waals surface area contributed by atoms with Crippen LogP contribution in [0.1, 0.15) is 21.5 Å². The molecule has 2 N–H and O–H groups in total. The lowest BCUT2D eigenvalue weighted by Crippen LogP contribution is -2.23. The Morgan fingerprint density at radius 3 is 2.91 bits per heavy atom. The Kier molecular flexibility index (Phi) is 5.91. The van der Waals surface area contributed by atoms with E-state index in [1.54, 1.807) is 25.6 Å². The van der Waals surface area contributed by atoms with Crippen molar-refractivity contribution in [1.29, 1.82) is 0 Å². The molecule has 0 saturated carbocycles. The summed E-state index contributed by atoms with van der Waals surface area (Å²) in [6.07, 6.45) is 3.25. The Morgan fingerprint density at radius 2 is 2.14 bits per heavy atom. The number of carbonyl (C=O) groups is 1. The Balaban J connectivity index is 1.93. The number of nitrogens with zero attached hydrogens (tertiary/aromatic N) is 1. The number of nitrogens with one attached hydrogen (secondary N) is 2. The van der Waals surface area contributed by atoms with E-state index in [4.69, 9.17) is 4.74 Å². The van der Waals surface area contributed by atoms with Crippen LogP contribution < -0.4 is 10.6 Å². The molecule has 2 aromatic rings. The minimum Gasteiger partial charge on any atom is -0.383 e. The highest BCUT2D eigenvalue weighted by Crippen LogP contribution is 2.09. The molecule has 0 spiro atoms. The van der Waals surface area contributed by atoms with Gasteiger partial charge in [-0.15, -0.1) is 0 Å². The summed E-state index contributed by atoms with van der Waals surface area (Å²) >= 11 is 0. The quantitative estimate of drug-likeness (QED) is 0.771. The number of anilines is 1. The molecular formula is C17H21N3O2. The molecule has 1 aromatic carbocycles. The largest absolute Gasteiger partial charge is 0.383 e. The molecule has 0 bridgehead atoms. The van der Waals surface area contributed by atoms with Gasteiger partial charge in [0.15, 0.2) is 0 Å². The van der Waals surface area contributed by atoms with E-state index in [-0.39, 0.29) is 5.91 Å². The molecule has 1 heterocycles. The lowest BCUT2D eigenvalue weighted by molar-refractivity contribution is 0.0950. The highest BCUT2D eigenvalue weighted by molar-refractivity contribution is 5.94. The first-order valence-electron chi connectivity index (χ1n) is 7.20. The number of rotatable bonds is 7. The van der Waals surface area contributed by atoms with E-state index >= 15 is 0 Å². The molecule has 5 heteroatoms. The number of carbonyl (C=O) groups excluding carboxylic acids is 1. The van der Waals surface area contributed by atoms with Gasteiger partial charge >= 0.3 is 0 Å². The number of hydrogen-bond donors (Lipinski definition) is 2. The Morgan fingerprint density at radius 1 is 1.27 bits per heavy atom. The smallest absolute Gasteiger partial charge is 0.253 e. The molecule has 0 atom stereocenters. The van der Waals surface area contributed by atoms with E-state index < -0.39 is 0 Å². The van der Waals surface area contributed by atoms with Crippen LogP contribution in [-0.4, -0.2) is 31.2 Å². The number of aryl methyl sites for hydroxylation is 1. The molecule has 0 aliphatic heterocycles. The van der Waals surface area contributed by atoms with E-state index in [0.29, 0.717) is 25.3 Å². The van der Waals surface area contributed by atoms with E-state index in [1.165, 1.54) is 5.56 Å². The third-order valence-electron chi connectivity index (χ3n) is 3.17. The van der Waals surface area contributed by atoms with Crippen molar-refractivity contribution in [3.8, 4) is 0 Å². The van der Waals surface area contributed by atoms with Gasteiger partial charge in [-0.3, -0.25) is 9.78 Å². The monoisotopic (exact) mass is 299 g/mol. The van der Waals surface area contributed by atoms with Crippen molar-refractivity contribution < 1.29 is 9.53 Å². The molecule has 1 aromatic heterocycles. The first kappa shape index (κ1) is 16.0. The standard InChI is InChI=1S/C17H21N3O2/c1-13-4-3-5-14(8-13)10-20-17(21)15-9-16(12-18-11-15)19-6-7-22-2/h3-5,8-9,11-12,19H,6-7,10H2,1-2H3,(H,20,21). The molecule has 0 aliphatic carbocycles. The van der Waals surface area contributed by atoms with Gasteiger partial charge in [0.25, 0.3) is 5.91 Å². The van der Waals surface area contributed by atoms with Gasteiger partial charge in [-0.1, -0.05) is 29.8 Å². The molecule has 0 aliphatic rings. The second kappa shape index (κ2) is 8.14. The average Bonchev–Trinajstić information content (AvgIpc) is 2.53. The van der Waals surface area contributed by atoms with E-state index in [0.717, 1.165) is 11.3 Å². The van der Waals surface area contributed by atoms with Gasteiger partial charge in [0, 0.05) is 32.6 Å². The van der Waals surface area contributed by atoms with Gasteiger partial charge < -0.3 is 15.4 Å². The van der Waals surface area contributed by atoms with E-state index in [2.05, 4.69) is 21.7 Å². The van der Waals surface area contributed by atoms with Crippen molar-refractivity contribution in [2.75, 3.05) is 25.6 Å². The van der Waals surface area contributed by atoms with Crippen molar-refractivity contribution in [3.63, 3.8) is 0 Å². The highest BCUT2D eigenvalue weighted by atomic mass is 16.5. The maximum Gasteiger partial charge on any atom is 0.253 e. The Bertz CT molecular complexity index is 629. The van der Waals surface area contributed by atoms with Gasteiger partial charge in [0.1, 0.15) is 0 Å². The lowest BCUT2D eigenvalue weighted by atomic mass is 10.1. The topological polar surface area (TPSA) is 63.2 Å². The fourth-order valence-corrected chi connectivity index (χ4v) is 2.06. The summed E-state index contributed by atoms with van der Waals surface area (Å²) in [5, 5.41) is 6.06. The van der Waals surface area contributed by atoms with E-state index in [9.17, 15) is 4.79 Å². The summed E-state index contributed by atoms with van der Waals surface area (Å²) in [6, 6.07) is 9.85. The van der Waals surface area contributed by atoms with Gasteiger partial charge in [0.05, 0.1) is 17.9 Å². The normalized spacial score (nSPS) is 10.3. The Labute approximate surface area is 130 Å². The van der Waals surface area contributed by atoms with E-state index in [1.807, 2.05) is 25.1 Å². The SMILES string of the molecule is COCCNc1cncc(C(=O)NCc2cccc(C)c2)c1. The summed E-state index contributed by atoms with van der Waals surface area (Å²) in [5.41, 5.74) is 3.60. The summed E-state index contributed by atoms with van der Waals surface area (Å²) in [6.45, 7) is 3.81. The highest BCUT2D eigenvalue weighted by Gasteiger charge is 2.07. The second-order valence-corrected chi connectivity index (χ2v) is 5.05. The Hall–Kier alpha value is -2.40. The molecule has 5 nitrogen and oxygen atoms in total. The number of methoxy groups -OCH3 is 1. The van der Waals surface area contributed by atoms with Gasteiger partial charge in [-0.2, -0.15) is 0 Å². The number of aromatic nitrogens is 1. The molecule has 1 amide bonds. The fraction of sp³-hybridized carbons (Fsp3) is 0.294. The summed E-state index contributed by atoms with van der Waals surface area (Å²) < 4.78 is 4.98. The van der Waals surface area contributed by atoms with Gasteiger partial charge in [-0.25, -0.2) is 0 Å². The predicted octanol–water partition coefficient (Wildman–Crippen LogP) is 2.38. The van der Waals surface area contributed by atoms with Crippen LogP contribution in [0.5, 0.6) is 0 Å². The average molecular weight is 299 g/mol. The maximum atomic E-state index is 12.2. The van der Waals surface area contributed by atoms with Crippen LogP contribution in [0.15, 0.2) is 42.7 Å². The lowest BCUT2D eigenvalue weighted by Gasteiger charge is -2.08. The van der Waals surface area contributed by atoms with Crippen molar-refractivity contribution in [3.05, 3.63) is 59.4 Å². The van der Waals surface area contributed by atoms with Crippen LogP contribution in [0, 0.1) is 6.92 Å². The van der Waals surface area contributed by atoms with Crippen molar-refractivity contribution in [2.24, 2.45) is 0 Å². The zero-order valence-electron chi connectivity index (χ0n) is 12.9. The number of benzene rings is 1. The summed E-state index contributed by atoms with van der Waals surface area (Å²) in [7, 11) is 1.65. The number of pyridine rings is 1. The van der Waals surface area contributed by atoms with Crippen LogP contribution in [-0.2, 0) is 11.3 Å². The first-order chi connectivity index (χ1) is 10.7. The maximum absolute atomic E-state index is 12.2. The number of hydrogen-bond acceptors (Lipinski definition) is 4. The second-order valence-electron chi connectivity index (χ2n) is 5.05. The molecule has 116 valence electrons. The van der Waals surface area contributed by atoms with Crippen molar-refractivity contribution >= 4 is 11.6 Å². The van der Waals surface area contributed by atoms with Crippen LogP contribution in [0.4, 0.5) is 5.69 Å². The molecule has 0 saturated heterocycles. The zero-order valence-corrected chi connectivity index (χ0v) is 12.9. The summed E-state index contributed by atoms with van der Waals surface area (Å²) in [4.78, 5) is 16.3. The zero-order chi connectivity index (χ0) is 15.8. The van der Waals surface area contributed by atoms with Gasteiger partial charge in [-0.05, 0) is 18.6 Å². The third-order valence-corrected chi connectivity index (χ3v) is 3.17. The molecule has 0 radical (unpaired) electrons. The number of ether oxygens (including phenoxy) is 1. The molecule has 0 unspecified atom stereocenters. The predicted molar refractivity (Wildman–Crippen MR) is 87.0 cm³/mol. The third kappa shape index (κ3) is 4.86.